The minimum atomic E-state index is 0.295. The lowest BCUT2D eigenvalue weighted by molar-refractivity contribution is 0.125. The van der Waals surface area contributed by atoms with Crippen LogP contribution in [0.3, 0.4) is 0 Å². The van der Waals surface area contributed by atoms with Crippen LogP contribution in [0.15, 0.2) is 0 Å². The van der Waals surface area contributed by atoms with Gasteiger partial charge in [0.25, 0.3) is 0 Å². The van der Waals surface area contributed by atoms with E-state index in [1.807, 2.05) is 0 Å². The number of nitrogens with two attached hydrogens (primary N) is 1. The molecule has 0 aliphatic heterocycles. The van der Waals surface area contributed by atoms with Crippen molar-refractivity contribution in [3.05, 3.63) is 17.0 Å². The van der Waals surface area contributed by atoms with Crippen LogP contribution in [0.4, 0.5) is 0 Å². The van der Waals surface area contributed by atoms with Crippen LogP contribution in [0.2, 0.25) is 0 Å². The largest absolute Gasteiger partial charge is 0.304 e. The van der Waals surface area contributed by atoms with Gasteiger partial charge in [0.05, 0.1) is 12.3 Å². The second-order valence-corrected chi connectivity index (χ2v) is 3.65. The van der Waals surface area contributed by atoms with Gasteiger partial charge in [-0.25, -0.2) is 5.90 Å². The summed E-state index contributed by atoms with van der Waals surface area (Å²) in [6, 6.07) is 0. The van der Waals surface area contributed by atoms with Gasteiger partial charge in [0.15, 0.2) is 0 Å². The normalized spacial score (nSPS) is 17.4. The number of aromatic nitrogens is 2. The Balaban J connectivity index is 2.20. The third-order valence-electron chi connectivity index (χ3n) is 2.65. The minimum Gasteiger partial charge on any atom is -0.304 e. The van der Waals surface area contributed by atoms with Crippen molar-refractivity contribution >= 4 is 0 Å². The van der Waals surface area contributed by atoms with Gasteiger partial charge in [-0.3, -0.25) is 5.10 Å². The molecule has 0 saturated carbocycles. The van der Waals surface area contributed by atoms with E-state index in [9.17, 15) is 0 Å². The van der Waals surface area contributed by atoms with Crippen molar-refractivity contribution in [1.29, 1.82) is 0 Å². The molecule has 0 saturated heterocycles. The molecule has 1 aromatic heterocycles. The lowest BCUT2D eigenvalue weighted by Gasteiger charge is -2.07. The summed E-state index contributed by atoms with van der Waals surface area (Å²) < 4.78 is 0. The zero-order chi connectivity index (χ0) is 9.26. The summed E-state index contributed by atoms with van der Waals surface area (Å²) in [6.45, 7) is 2.62. The summed E-state index contributed by atoms with van der Waals surface area (Å²) in [4.78, 5) is 4.63. The Morgan fingerprint density at radius 2 is 2.46 bits per heavy atom. The van der Waals surface area contributed by atoms with E-state index < -0.39 is 0 Å². The quantitative estimate of drug-likeness (QED) is 0.681. The molecule has 0 aromatic carbocycles. The molecular formula is C9H15N3O. The van der Waals surface area contributed by atoms with E-state index >= 15 is 0 Å². The van der Waals surface area contributed by atoms with Crippen LogP contribution in [0.1, 0.15) is 36.2 Å². The van der Waals surface area contributed by atoms with E-state index in [1.165, 1.54) is 17.7 Å². The monoisotopic (exact) mass is 181 g/mol. The second kappa shape index (κ2) is 3.47. The van der Waals surface area contributed by atoms with Gasteiger partial charge in [0.1, 0.15) is 0 Å². The topological polar surface area (TPSA) is 63.9 Å². The van der Waals surface area contributed by atoms with Crippen LogP contribution in [0.5, 0.6) is 0 Å². The molecule has 3 N–H and O–H groups in total. The van der Waals surface area contributed by atoms with Crippen LogP contribution in [-0.4, -0.2) is 16.8 Å². The SMILES string of the molecule is CC(CON)c1n[nH]c2c1CCC2. The average molecular weight is 181 g/mol. The van der Waals surface area contributed by atoms with Gasteiger partial charge >= 0.3 is 0 Å². The van der Waals surface area contributed by atoms with Gasteiger partial charge in [-0.2, -0.15) is 5.10 Å². The molecule has 0 amide bonds. The second-order valence-electron chi connectivity index (χ2n) is 3.65. The highest BCUT2D eigenvalue weighted by atomic mass is 16.6. The molecule has 0 radical (unpaired) electrons. The average Bonchev–Trinajstić information content (AvgIpc) is 2.62. The van der Waals surface area contributed by atoms with Crippen molar-refractivity contribution in [3.63, 3.8) is 0 Å². The fourth-order valence-electron chi connectivity index (χ4n) is 1.98. The number of nitrogens with one attached hydrogen (secondary N) is 1. The summed E-state index contributed by atoms with van der Waals surface area (Å²) in [5.74, 6) is 5.34. The van der Waals surface area contributed by atoms with Gasteiger partial charge in [-0.1, -0.05) is 6.92 Å². The predicted molar refractivity (Wildman–Crippen MR) is 49.2 cm³/mol. The first kappa shape index (κ1) is 8.72. The summed E-state index contributed by atoms with van der Waals surface area (Å²) in [5, 5.41) is 7.37. The number of nitrogens with zero attached hydrogens (tertiary/aromatic N) is 1. The minimum absolute atomic E-state index is 0.295. The van der Waals surface area contributed by atoms with Crippen molar-refractivity contribution in [2.24, 2.45) is 5.90 Å². The molecule has 13 heavy (non-hydrogen) atoms. The highest BCUT2D eigenvalue weighted by molar-refractivity contribution is 5.31. The van der Waals surface area contributed by atoms with E-state index in [4.69, 9.17) is 5.90 Å². The van der Waals surface area contributed by atoms with Crippen molar-refractivity contribution in [2.75, 3.05) is 6.61 Å². The predicted octanol–water partition coefficient (Wildman–Crippen LogP) is 0.892. The first-order valence-corrected chi connectivity index (χ1v) is 4.70. The van der Waals surface area contributed by atoms with E-state index in [-0.39, 0.29) is 0 Å². The maximum atomic E-state index is 5.04. The third kappa shape index (κ3) is 1.47. The van der Waals surface area contributed by atoms with Gasteiger partial charge in [0, 0.05) is 11.6 Å². The number of hydrogen-bond donors (Lipinski definition) is 2. The number of H-pyrrole nitrogens is 1. The van der Waals surface area contributed by atoms with Crippen LogP contribution >= 0.6 is 0 Å². The molecule has 1 atom stereocenters. The Bertz CT molecular complexity index is 295. The molecule has 0 spiro atoms. The van der Waals surface area contributed by atoms with E-state index in [0.717, 1.165) is 18.5 Å². The summed E-state index contributed by atoms with van der Waals surface area (Å²) in [7, 11) is 0. The molecule has 1 aliphatic rings. The Labute approximate surface area is 77.4 Å². The zero-order valence-corrected chi connectivity index (χ0v) is 7.84. The lowest BCUT2D eigenvalue weighted by Crippen LogP contribution is -2.10. The number of aromatic amines is 1. The summed E-state index contributed by atoms with van der Waals surface area (Å²) in [6.07, 6.45) is 3.53. The molecule has 4 heteroatoms. The Kier molecular flexibility index (Phi) is 2.33. The number of aryl methyl sites for hydroxylation is 1. The van der Waals surface area contributed by atoms with Crippen LogP contribution in [0.25, 0.3) is 0 Å². The van der Waals surface area contributed by atoms with Crippen molar-refractivity contribution < 1.29 is 4.84 Å². The highest BCUT2D eigenvalue weighted by Gasteiger charge is 2.21. The fourth-order valence-corrected chi connectivity index (χ4v) is 1.98. The van der Waals surface area contributed by atoms with E-state index in [1.54, 1.807) is 0 Å². The standard InChI is InChI=1S/C9H15N3O/c1-6(5-13-10)9-7-3-2-4-8(7)11-12-9/h6H,2-5,10H2,1H3,(H,11,12). The Morgan fingerprint density at radius 3 is 3.23 bits per heavy atom. The van der Waals surface area contributed by atoms with E-state index in [0.29, 0.717) is 12.5 Å². The Morgan fingerprint density at radius 1 is 1.62 bits per heavy atom. The molecule has 0 bridgehead atoms. The highest BCUT2D eigenvalue weighted by Crippen LogP contribution is 2.27. The van der Waals surface area contributed by atoms with Gasteiger partial charge in [0.2, 0.25) is 0 Å². The molecule has 2 rings (SSSR count). The lowest BCUT2D eigenvalue weighted by atomic mass is 10.0. The van der Waals surface area contributed by atoms with Gasteiger partial charge in [-0.05, 0) is 24.8 Å². The van der Waals surface area contributed by atoms with Crippen LogP contribution in [0, 0.1) is 0 Å². The molecule has 4 nitrogen and oxygen atoms in total. The molecule has 1 aliphatic carbocycles. The number of rotatable bonds is 3. The third-order valence-corrected chi connectivity index (χ3v) is 2.65. The van der Waals surface area contributed by atoms with Gasteiger partial charge < -0.3 is 4.84 Å². The Hall–Kier alpha value is -0.870. The van der Waals surface area contributed by atoms with E-state index in [2.05, 4.69) is 22.0 Å². The smallest absolute Gasteiger partial charge is 0.0761 e. The first-order chi connectivity index (χ1) is 6.33. The summed E-state index contributed by atoms with van der Waals surface area (Å²) in [5.41, 5.74) is 3.83. The number of fused-ring (bicyclic) bond motifs is 1. The first-order valence-electron chi connectivity index (χ1n) is 4.70. The molecule has 72 valence electrons. The molecular weight excluding hydrogens is 166 g/mol. The molecule has 1 heterocycles. The van der Waals surface area contributed by atoms with Crippen LogP contribution < -0.4 is 5.90 Å². The van der Waals surface area contributed by atoms with Crippen molar-refractivity contribution in [2.45, 2.75) is 32.1 Å². The zero-order valence-electron chi connectivity index (χ0n) is 7.84. The maximum absolute atomic E-state index is 5.04. The summed E-state index contributed by atoms with van der Waals surface area (Å²) >= 11 is 0. The molecule has 1 aromatic rings. The fraction of sp³-hybridized carbons (Fsp3) is 0.667. The molecule has 0 fully saturated rings. The van der Waals surface area contributed by atoms with Gasteiger partial charge in [-0.15, -0.1) is 0 Å². The van der Waals surface area contributed by atoms with Crippen LogP contribution in [-0.2, 0) is 17.7 Å². The van der Waals surface area contributed by atoms with Crippen molar-refractivity contribution in [1.82, 2.24) is 10.2 Å². The molecule has 1 unspecified atom stereocenters. The van der Waals surface area contributed by atoms with Crippen molar-refractivity contribution in [3.8, 4) is 0 Å². The maximum Gasteiger partial charge on any atom is 0.0761 e. The number of hydrogen-bond acceptors (Lipinski definition) is 3.